The Morgan fingerprint density at radius 3 is 2.39 bits per heavy atom. The van der Waals surface area contributed by atoms with Gasteiger partial charge in [-0.3, -0.25) is 9.80 Å². The number of sulfonamides is 1. The van der Waals surface area contributed by atoms with Crippen LogP contribution in [0.15, 0.2) is 24.3 Å². The van der Waals surface area contributed by atoms with E-state index in [2.05, 4.69) is 63.6 Å². The molecule has 6 rings (SSSR count). The number of nitrogens with one attached hydrogen (secondary N) is 1. The van der Waals surface area contributed by atoms with Crippen molar-refractivity contribution in [1.82, 2.24) is 28.6 Å². The molecule has 0 unspecified atom stereocenters. The molecule has 2 fully saturated rings. The number of alkyl halides is 3. The van der Waals surface area contributed by atoms with Crippen molar-refractivity contribution in [1.29, 1.82) is 0 Å². The molecular formula is C35H48F3N7O2S2. The standard InChI is InChI=1S/C35H48F3N7O2S2/c1-6-7-32-40-33(30-19-28(20-35(36,37)38)48-34(30)41-32)39-27-10-12-42(13-11-27)22-26-8-9-31-29(25(26)4)18-23(2)45(31)21-24(3)43-14-16-44(17-15-43)49(5,46)47/h8-9,18-19,24,27H,6-7,10-17,20-22H2,1-5H3,(H,39,40,41)/t24-/m0/s1. The van der Waals surface area contributed by atoms with Crippen LogP contribution in [0.5, 0.6) is 0 Å². The van der Waals surface area contributed by atoms with Crippen molar-refractivity contribution in [2.24, 2.45) is 0 Å². The van der Waals surface area contributed by atoms with Gasteiger partial charge >= 0.3 is 6.18 Å². The van der Waals surface area contributed by atoms with Gasteiger partial charge < -0.3 is 9.88 Å². The lowest BCUT2D eigenvalue weighted by Gasteiger charge is -2.37. The third-order valence-corrected chi connectivity index (χ3v) is 12.5. The highest BCUT2D eigenvalue weighted by molar-refractivity contribution is 7.88. The average Bonchev–Trinajstić information content (AvgIpc) is 3.58. The molecule has 0 bridgehead atoms. The van der Waals surface area contributed by atoms with Crippen molar-refractivity contribution < 1.29 is 21.6 Å². The van der Waals surface area contributed by atoms with Gasteiger partial charge in [0.2, 0.25) is 10.0 Å². The van der Waals surface area contributed by atoms with Gasteiger partial charge in [-0.05, 0) is 69.4 Å². The maximum atomic E-state index is 13.1. The summed E-state index contributed by atoms with van der Waals surface area (Å²) in [6, 6.07) is 8.87. The summed E-state index contributed by atoms with van der Waals surface area (Å²) in [6.07, 6.45) is -0.533. The molecule has 0 amide bonds. The van der Waals surface area contributed by atoms with Crippen LogP contribution in [-0.4, -0.2) is 101 Å². The fraction of sp³-hybridized carbons (Fsp3) is 0.600. The first-order valence-electron chi connectivity index (χ1n) is 17.3. The molecule has 0 radical (unpaired) electrons. The maximum Gasteiger partial charge on any atom is 0.393 e. The van der Waals surface area contributed by atoms with Gasteiger partial charge in [0.15, 0.2) is 0 Å². The highest BCUT2D eigenvalue weighted by Crippen LogP contribution is 2.34. The lowest BCUT2D eigenvalue weighted by Crippen LogP contribution is -2.51. The van der Waals surface area contributed by atoms with E-state index >= 15 is 0 Å². The monoisotopic (exact) mass is 719 g/mol. The molecule has 1 aromatic carbocycles. The van der Waals surface area contributed by atoms with Gasteiger partial charge in [0.05, 0.1) is 18.1 Å². The quantitative estimate of drug-likeness (QED) is 0.193. The van der Waals surface area contributed by atoms with Gasteiger partial charge in [-0.1, -0.05) is 13.0 Å². The molecule has 1 N–H and O–H groups in total. The van der Waals surface area contributed by atoms with Gasteiger partial charge in [0, 0.05) is 92.3 Å². The van der Waals surface area contributed by atoms with E-state index in [0.717, 1.165) is 69.9 Å². The molecule has 9 nitrogen and oxygen atoms in total. The Balaban J connectivity index is 1.08. The SMILES string of the molecule is CCCc1nc(NC2CCN(Cc3ccc4c(cc(C)n4C[C@H](C)N4CCN(S(C)(=O)=O)CC4)c3C)CC2)c2cc(CC(F)(F)F)sc2n1. The van der Waals surface area contributed by atoms with E-state index in [1.165, 1.54) is 34.0 Å². The summed E-state index contributed by atoms with van der Waals surface area (Å²) in [7, 11) is -3.15. The van der Waals surface area contributed by atoms with Gasteiger partial charge in [-0.25, -0.2) is 18.4 Å². The van der Waals surface area contributed by atoms with Crippen molar-refractivity contribution in [3.05, 3.63) is 51.8 Å². The summed E-state index contributed by atoms with van der Waals surface area (Å²) in [5.74, 6) is 1.33. The molecule has 14 heteroatoms. The summed E-state index contributed by atoms with van der Waals surface area (Å²) in [6.45, 7) is 14.7. The summed E-state index contributed by atoms with van der Waals surface area (Å²) >= 11 is 1.11. The van der Waals surface area contributed by atoms with E-state index in [9.17, 15) is 21.6 Å². The van der Waals surface area contributed by atoms with E-state index in [1.807, 2.05) is 6.92 Å². The van der Waals surface area contributed by atoms with Crippen LogP contribution in [0.25, 0.3) is 21.1 Å². The van der Waals surface area contributed by atoms with Crippen molar-refractivity contribution >= 4 is 48.3 Å². The van der Waals surface area contributed by atoms with E-state index < -0.39 is 22.6 Å². The minimum atomic E-state index is -4.26. The third kappa shape index (κ3) is 8.41. The zero-order valence-corrected chi connectivity index (χ0v) is 30.7. The minimum absolute atomic E-state index is 0.186. The number of benzene rings is 1. The minimum Gasteiger partial charge on any atom is -0.367 e. The first kappa shape index (κ1) is 36.0. The number of likely N-dealkylation sites (tertiary alicyclic amines) is 1. The molecule has 2 aliphatic rings. The predicted molar refractivity (Wildman–Crippen MR) is 192 cm³/mol. The van der Waals surface area contributed by atoms with E-state index in [0.29, 0.717) is 41.4 Å². The lowest BCUT2D eigenvalue weighted by molar-refractivity contribution is -0.126. The fourth-order valence-corrected chi connectivity index (χ4v) is 9.24. The van der Waals surface area contributed by atoms with E-state index in [1.54, 1.807) is 10.4 Å². The average molecular weight is 720 g/mol. The molecule has 3 aromatic heterocycles. The van der Waals surface area contributed by atoms with Gasteiger partial charge in [-0.2, -0.15) is 17.5 Å². The number of fused-ring (bicyclic) bond motifs is 2. The molecule has 0 aliphatic carbocycles. The van der Waals surface area contributed by atoms with Crippen LogP contribution in [-0.2, 0) is 36.0 Å². The number of aryl methyl sites for hydroxylation is 3. The van der Waals surface area contributed by atoms with Crippen LogP contribution in [0.2, 0.25) is 0 Å². The fourth-order valence-electron chi connectivity index (χ4n) is 7.34. The van der Waals surface area contributed by atoms with Crippen LogP contribution in [0.3, 0.4) is 0 Å². The second-order valence-electron chi connectivity index (χ2n) is 13.9. The molecule has 0 saturated carbocycles. The normalized spacial score (nSPS) is 18.5. The first-order valence-corrected chi connectivity index (χ1v) is 20.0. The molecule has 268 valence electrons. The van der Waals surface area contributed by atoms with Crippen LogP contribution >= 0.6 is 11.3 Å². The second kappa shape index (κ2) is 14.5. The van der Waals surface area contributed by atoms with Crippen molar-refractivity contribution in [3.63, 3.8) is 0 Å². The molecule has 2 aliphatic heterocycles. The Bertz CT molecular complexity index is 1890. The number of nitrogens with zero attached hydrogens (tertiary/aromatic N) is 6. The smallest absolute Gasteiger partial charge is 0.367 e. The molecule has 4 aromatic rings. The molecule has 2 saturated heterocycles. The van der Waals surface area contributed by atoms with Crippen LogP contribution in [0.1, 0.15) is 60.6 Å². The molecular weight excluding hydrogens is 672 g/mol. The van der Waals surface area contributed by atoms with Gasteiger partial charge in [0.25, 0.3) is 0 Å². The molecule has 0 spiro atoms. The number of piperidine rings is 1. The third-order valence-electron chi connectivity index (χ3n) is 10.1. The number of rotatable bonds is 11. The van der Waals surface area contributed by atoms with Gasteiger partial charge in [-0.15, -0.1) is 11.3 Å². The second-order valence-corrected chi connectivity index (χ2v) is 17.0. The molecule has 1 atom stereocenters. The Hall–Kier alpha value is -2.78. The van der Waals surface area contributed by atoms with E-state index in [4.69, 9.17) is 4.98 Å². The van der Waals surface area contributed by atoms with Crippen molar-refractivity contribution in [3.8, 4) is 0 Å². The summed E-state index contributed by atoms with van der Waals surface area (Å²) in [5.41, 5.74) is 5.07. The summed E-state index contributed by atoms with van der Waals surface area (Å²) in [5, 5.41) is 5.54. The summed E-state index contributed by atoms with van der Waals surface area (Å²) in [4.78, 5) is 15.1. The maximum absolute atomic E-state index is 13.1. The number of hydrogen-bond acceptors (Lipinski definition) is 8. The van der Waals surface area contributed by atoms with Crippen LogP contribution < -0.4 is 5.32 Å². The highest BCUT2D eigenvalue weighted by atomic mass is 32.2. The number of anilines is 1. The number of hydrogen-bond donors (Lipinski definition) is 1. The largest absolute Gasteiger partial charge is 0.393 e. The van der Waals surface area contributed by atoms with Gasteiger partial charge in [0.1, 0.15) is 16.5 Å². The summed E-state index contributed by atoms with van der Waals surface area (Å²) < 4.78 is 67.3. The zero-order chi connectivity index (χ0) is 35.1. The number of thiophene rings is 1. The zero-order valence-electron chi connectivity index (χ0n) is 29.1. The number of halogens is 3. The van der Waals surface area contributed by atoms with E-state index in [-0.39, 0.29) is 17.0 Å². The number of aromatic nitrogens is 3. The van der Waals surface area contributed by atoms with Crippen LogP contribution in [0.4, 0.5) is 19.0 Å². The van der Waals surface area contributed by atoms with Crippen molar-refractivity contribution in [2.75, 3.05) is 50.8 Å². The topological polar surface area (TPSA) is 86.6 Å². The Morgan fingerprint density at radius 2 is 1.73 bits per heavy atom. The first-order chi connectivity index (χ1) is 23.2. The Morgan fingerprint density at radius 1 is 1.02 bits per heavy atom. The van der Waals surface area contributed by atoms with Crippen LogP contribution in [0, 0.1) is 13.8 Å². The molecule has 49 heavy (non-hydrogen) atoms. The number of piperazine rings is 1. The molecule has 5 heterocycles. The van der Waals surface area contributed by atoms with Crippen molar-refractivity contribution in [2.45, 2.75) is 91.1 Å². The lowest BCUT2D eigenvalue weighted by atomic mass is 10.0. The Labute approximate surface area is 291 Å². The highest BCUT2D eigenvalue weighted by Gasteiger charge is 2.30. The predicted octanol–water partition coefficient (Wildman–Crippen LogP) is 6.36. The Kier molecular flexibility index (Phi) is 10.6.